The quantitative estimate of drug-likeness (QED) is 0.591. The molecular weight excluding hydrogens is 320 g/mol. The van der Waals surface area contributed by atoms with E-state index < -0.39 is 12.1 Å². The number of Topliss-reactive ketones (excluding diaryl/α,β-unsaturated/α-hetero) is 1. The van der Waals surface area contributed by atoms with Crippen molar-refractivity contribution in [1.29, 1.82) is 0 Å². The largest absolute Gasteiger partial charge is 0.496 e. The Kier molecular flexibility index (Phi) is 5.80. The lowest BCUT2D eigenvalue weighted by Gasteiger charge is -2.16. The van der Waals surface area contributed by atoms with Crippen LogP contribution >= 0.6 is 0 Å². The Morgan fingerprint density at radius 3 is 2.12 bits per heavy atom. The molecule has 0 heterocycles. The van der Waals surface area contributed by atoms with Crippen LogP contribution in [0.4, 0.5) is 0 Å². The maximum atomic E-state index is 12.7. The molecule has 0 saturated carbocycles. The highest BCUT2D eigenvalue weighted by atomic mass is 16.6. The summed E-state index contributed by atoms with van der Waals surface area (Å²) in [6, 6.07) is 10.6. The first-order valence-corrected chi connectivity index (χ1v) is 7.92. The Hall–Kier alpha value is -2.82. The van der Waals surface area contributed by atoms with Gasteiger partial charge in [0.15, 0.2) is 6.10 Å². The van der Waals surface area contributed by atoms with Gasteiger partial charge in [-0.25, -0.2) is 4.79 Å². The molecule has 5 nitrogen and oxygen atoms in total. The minimum atomic E-state index is -0.928. The third-order valence-corrected chi connectivity index (χ3v) is 3.94. The molecule has 0 bridgehead atoms. The predicted molar refractivity (Wildman–Crippen MR) is 94.7 cm³/mol. The molecule has 0 amide bonds. The van der Waals surface area contributed by atoms with Gasteiger partial charge in [0.1, 0.15) is 17.1 Å². The van der Waals surface area contributed by atoms with Gasteiger partial charge in [-0.05, 0) is 44.5 Å². The number of rotatable bonds is 6. The van der Waals surface area contributed by atoms with Gasteiger partial charge in [-0.15, -0.1) is 0 Å². The van der Waals surface area contributed by atoms with Crippen LogP contribution in [0.3, 0.4) is 0 Å². The fraction of sp³-hybridized carbons (Fsp3) is 0.300. The van der Waals surface area contributed by atoms with E-state index in [1.807, 2.05) is 26.0 Å². The molecule has 0 aliphatic rings. The molecule has 2 aromatic carbocycles. The standard InChI is InChI=1S/C20H22O5/c1-12-9-10-13(2)15(11-12)19(21)14(3)25-20(22)18-16(23-4)7-6-8-17(18)24-5/h6-11,14H,1-5H3/t14-/m1/s1. The average molecular weight is 342 g/mol. The summed E-state index contributed by atoms with van der Waals surface area (Å²) in [7, 11) is 2.91. The van der Waals surface area contributed by atoms with Gasteiger partial charge in [0.25, 0.3) is 0 Å². The second-order valence-corrected chi connectivity index (χ2v) is 5.77. The molecule has 0 fully saturated rings. The van der Waals surface area contributed by atoms with Gasteiger partial charge in [-0.1, -0.05) is 23.8 Å². The van der Waals surface area contributed by atoms with Gasteiger partial charge < -0.3 is 14.2 Å². The van der Waals surface area contributed by atoms with Crippen molar-refractivity contribution in [3.63, 3.8) is 0 Å². The lowest BCUT2D eigenvalue weighted by Crippen LogP contribution is -2.25. The van der Waals surface area contributed by atoms with Crippen molar-refractivity contribution in [1.82, 2.24) is 0 Å². The van der Waals surface area contributed by atoms with E-state index in [0.717, 1.165) is 11.1 Å². The van der Waals surface area contributed by atoms with Crippen molar-refractivity contribution in [3.05, 3.63) is 58.7 Å². The highest BCUT2D eigenvalue weighted by Crippen LogP contribution is 2.29. The summed E-state index contributed by atoms with van der Waals surface area (Å²) in [5, 5.41) is 0. The first-order chi connectivity index (χ1) is 11.9. The maximum absolute atomic E-state index is 12.7. The Morgan fingerprint density at radius 1 is 0.960 bits per heavy atom. The van der Waals surface area contributed by atoms with Crippen molar-refractivity contribution in [2.45, 2.75) is 26.9 Å². The summed E-state index contributed by atoms with van der Waals surface area (Å²) < 4.78 is 15.8. The third-order valence-electron chi connectivity index (χ3n) is 3.94. The van der Waals surface area contributed by atoms with Gasteiger partial charge in [-0.3, -0.25) is 4.79 Å². The number of ether oxygens (including phenoxy) is 3. The van der Waals surface area contributed by atoms with E-state index in [2.05, 4.69) is 0 Å². The first kappa shape index (κ1) is 18.5. The van der Waals surface area contributed by atoms with Gasteiger partial charge in [-0.2, -0.15) is 0 Å². The van der Waals surface area contributed by atoms with Crippen molar-refractivity contribution < 1.29 is 23.8 Å². The van der Waals surface area contributed by atoms with E-state index in [0.29, 0.717) is 17.1 Å². The summed E-state index contributed by atoms with van der Waals surface area (Å²) in [6.45, 7) is 5.32. The minimum Gasteiger partial charge on any atom is -0.496 e. The predicted octanol–water partition coefficient (Wildman–Crippen LogP) is 3.75. The average Bonchev–Trinajstić information content (AvgIpc) is 2.62. The molecule has 5 heteroatoms. The zero-order valence-corrected chi connectivity index (χ0v) is 15.1. The first-order valence-electron chi connectivity index (χ1n) is 7.92. The number of aryl methyl sites for hydroxylation is 2. The van der Waals surface area contributed by atoms with Crippen LogP contribution in [0, 0.1) is 13.8 Å². The fourth-order valence-corrected chi connectivity index (χ4v) is 2.55. The highest BCUT2D eigenvalue weighted by Gasteiger charge is 2.26. The van der Waals surface area contributed by atoms with Gasteiger partial charge in [0.2, 0.25) is 5.78 Å². The smallest absolute Gasteiger partial charge is 0.346 e. The van der Waals surface area contributed by atoms with Crippen molar-refractivity contribution >= 4 is 11.8 Å². The van der Waals surface area contributed by atoms with Crippen molar-refractivity contribution in [2.24, 2.45) is 0 Å². The zero-order chi connectivity index (χ0) is 18.6. The zero-order valence-electron chi connectivity index (χ0n) is 15.1. The van der Waals surface area contributed by atoms with Crippen molar-refractivity contribution in [2.75, 3.05) is 14.2 Å². The van der Waals surface area contributed by atoms with E-state index in [1.54, 1.807) is 31.2 Å². The molecule has 2 aromatic rings. The maximum Gasteiger partial charge on any atom is 0.346 e. The van der Waals surface area contributed by atoms with E-state index >= 15 is 0 Å². The molecule has 0 spiro atoms. The Morgan fingerprint density at radius 2 is 1.56 bits per heavy atom. The lowest BCUT2D eigenvalue weighted by atomic mass is 9.99. The van der Waals surface area contributed by atoms with Gasteiger partial charge in [0.05, 0.1) is 14.2 Å². The summed E-state index contributed by atoms with van der Waals surface area (Å²) in [4.78, 5) is 25.2. The number of benzene rings is 2. The van der Waals surface area contributed by atoms with Gasteiger partial charge >= 0.3 is 5.97 Å². The van der Waals surface area contributed by atoms with Crippen LogP contribution in [0.2, 0.25) is 0 Å². The number of hydrogen-bond donors (Lipinski definition) is 0. The number of methoxy groups -OCH3 is 2. The summed E-state index contributed by atoms with van der Waals surface area (Å²) in [5.41, 5.74) is 2.52. The molecule has 2 rings (SSSR count). The van der Waals surface area contributed by atoms with Crippen LogP contribution in [0.1, 0.15) is 38.8 Å². The number of hydrogen-bond acceptors (Lipinski definition) is 5. The van der Waals surface area contributed by atoms with E-state index in [-0.39, 0.29) is 11.3 Å². The Balaban J connectivity index is 2.26. The Labute approximate surface area is 147 Å². The summed E-state index contributed by atoms with van der Waals surface area (Å²) >= 11 is 0. The molecule has 1 atom stereocenters. The summed E-state index contributed by atoms with van der Waals surface area (Å²) in [5.74, 6) is -0.254. The molecule has 25 heavy (non-hydrogen) atoms. The monoisotopic (exact) mass is 342 g/mol. The van der Waals surface area contributed by atoms with E-state index in [1.165, 1.54) is 14.2 Å². The minimum absolute atomic E-state index is 0.160. The van der Waals surface area contributed by atoms with Crippen molar-refractivity contribution in [3.8, 4) is 11.5 Å². The van der Waals surface area contributed by atoms with E-state index in [4.69, 9.17) is 14.2 Å². The third kappa shape index (κ3) is 3.99. The second kappa shape index (κ2) is 7.83. The van der Waals surface area contributed by atoms with Crippen LogP contribution < -0.4 is 9.47 Å². The number of esters is 1. The van der Waals surface area contributed by atoms with Crippen LogP contribution in [0.5, 0.6) is 11.5 Å². The molecule has 0 aliphatic carbocycles. The molecule has 0 unspecified atom stereocenters. The highest BCUT2D eigenvalue weighted by molar-refractivity contribution is 6.03. The van der Waals surface area contributed by atoms with Crippen LogP contribution in [0.25, 0.3) is 0 Å². The normalized spacial score (nSPS) is 11.6. The fourth-order valence-electron chi connectivity index (χ4n) is 2.55. The van der Waals surface area contributed by atoms with Crippen LogP contribution in [-0.2, 0) is 4.74 Å². The van der Waals surface area contributed by atoms with Gasteiger partial charge in [0, 0.05) is 5.56 Å². The van der Waals surface area contributed by atoms with Crippen LogP contribution in [-0.4, -0.2) is 32.1 Å². The molecule has 0 N–H and O–H groups in total. The molecule has 132 valence electrons. The molecular formula is C20H22O5. The molecule has 0 aliphatic heterocycles. The number of ketones is 1. The molecule has 0 saturated heterocycles. The summed E-state index contributed by atoms with van der Waals surface area (Å²) in [6.07, 6.45) is -0.928. The Bertz CT molecular complexity index is 772. The SMILES string of the molecule is COc1cccc(OC)c1C(=O)O[C@H](C)C(=O)c1cc(C)ccc1C. The lowest BCUT2D eigenvalue weighted by molar-refractivity contribution is 0.0312. The van der Waals surface area contributed by atoms with E-state index in [9.17, 15) is 9.59 Å². The molecule has 0 aromatic heterocycles. The molecule has 0 radical (unpaired) electrons. The second-order valence-electron chi connectivity index (χ2n) is 5.77. The number of carbonyl (C=O) groups is 2. The van der Waals surface area contributed by atoms with Crippen LogP contribution in [0.15, 0.2) is 36.4 Å². The number of carbonyl (C=O) groups excluding carboxylic acids is 2. The topological polar surface area (TPSA) is 61.8 Å².